The Morgan fingerprint density at radius 3 is 2.63 bits per heavy atom. The summed E-state index contributed by atoms with van der Waals surface area (Å²) < 4.78 is 5.77. The van der Waals surface area contributed by atoms with Crippen molar-refractivity contribution in [2.24, 2.45) is 0 Å². The number of aryl methyl sites for hydroxylation is 1. The normalized spacial score (nSPS) is 10.2. The molecule has 3 amide bonds. The van der Waals surface area contributed by atoms with Crippen molar-refractivity contribution in [2.45, 2.75) is 27.0 Å². The lowest BCUT2D eigenvalue weighted by atomic mass is 10.2. The van der Waals surface area contributed by atoms with E-state index in [-0.39, 0.29) is 11.9 Å². The van der Waals surface area contributed by atoms with Crippen molar-refractivity contribution in [3.8, 4) is 5.75 Å². The Labute approximate surface area is 175 Å². The Hall–Kier alpha value is -3.87. The van der Waals surface area contributed by atoms with Gasteiger partial charge in [-0.05, 0) is 54.4 Å². The molecule has 2 aromatic carbocycles. The van der Waals surface area contributed by atoms with Crippen LogP contribution in [0.5, 0.6) is 5.75 Å². The molecule has 0 aliphatic carbocycles. The molecule has 0 spiro atoms. The second kappa shape index (κ2) is 10.1. The predicted octanol–water partition coefficient (Wildman–Crippen LogP) is 4.25. The zero-order valence-electron chi connectivity index (χ0n) is 16.9. The van der Waals surface area contributed by atoms with Gasteiger partial charge in [-0.3, -0.25) is 9.78 Å². The van der Waals surface area contributed by atoms with Crippen LogP contribution in [0.4, 0.5) is 16.2 Å². The molecule has 154 valence electrons. The molecule has 7 heteroatoms. The molecular formula is C23H24N4O3. The lowest BCUT2D eigenvalue weighted by Crippen LogP contribution is -2.28. The van der Waals surface area contributed by atoms with Gasteiger partial charge in [0.1, 0.15) is 12.4 Å². The summed E-state index contributed by atoms with van der Waals surface area (Å²) in [6.07, 6.45) is 1.73. The van der Waals surface area contributed by atoms with Gasteiger partial charge in [0.2, 0.25) is 5.91 Å². The average Bonchev–Trinajstić information content (AvgIpc) is 2.74. The number of hydrogen-bond acceptors (Lipinski definition) is 4. The number of urea groups is 1. The van der Waals surface area contributed by atoms with Crippen molar-refractivity contribution in [3.05, 3.63) is 83.7 Å². The van der Waals surface area contributed by atoms with Crippen LogP contribution in [0.1, 0.15) is 23.7 Å². The molecule has 1 heterocycles. The van der Waals surface area contributed by atoms with Gasteiger partial charge in [0.05, 0.1) is 5.69 Å². The van der Waals surface area contributed by atoms with E-state index in [2.05, 4.69) is 20.9 Å². The Balaban J connectivity index is 1.53. The third-order valence-electron chi connectivity index (χ3n) is 4.27. The lowest BCUT2D eigenvalue weighted by Gasteiger charge is -2.12. The third-order valence-corrected chi connectivity index (χ3v) is 4.27. The van der Waals surface area contributed by atoms with E-state index in [0.717, 1.165) is 16.8 Å². The zero-order valence-corrected chi connectivity index (χ0v) is 16.9. The van der Waals surface area contributed by atoms with Gasteiger partial charge in [-0.2, -0.15) is 0 Å². The van der Waals surface area contributed by atoms with Gasteiger partial charge >= 0.3 is 6.03 Å². The second-order valence-electron chi connectivity index (χ2n) is 6.78. The summed E-state index contributed by atoms with van der Waals surface area (Å²) in [4.78, 5) is 27.8. The molecule has 0 aliphatic rings. The van der Waals surface area contributed by atoms with Crippen LogP contribution < -0.4 is 20.7 Å². The molecule has 3 rings (SSSR count). The standard InChI is InChI=1S/C23H24N4O3/c1-16-9-10-19(13-22(16)26-17(2)28)27-23(29)25-14-18-6-5-8-21(12-18)30-15-20-7-3-4-11-24-20/h3-13H,14-15H2,1-2H3,(H,26,28)(H2,25,27,29). The van der Waals surface area contributed by atoms with Gasteiger partial charge < -0.3 is 20.7 Å². The molecule has 3 N–H and O–H groups in total. The monoisotopic (exact) mass is 404 g/mol. The molecular weight excluding hydrogens is 380 g/mol. The predicted molar refractivity (Wildman–Crippen MR) is 116 cm³/mol. The largest absolute Gasteiger partial charge is 0.487 e. The maximum atomic E-state index is 12.3. The number of carbonyl (C=O) groups excluding carboxylic acids is 2. The van der Waals surface area contributed by atoms with Crippen LogP contribution in [0.2, 0.25) is 0 Å². The third kappa shape index (κ3) is 6.34. The number of amides is 3. The molecule has 0 fully saturated rings. The summed E-state index contributed by atoms with van der Waals surface area (Å²) in [5, 5.41) is 8.34. The Morgan fingerprint density at radius 1 is 1.00 bits per heavy atom. The summed E-state index contributed by atoms with van der Waals surface area (Å²) in [6.45, 7) is 4.05. The van der Waals surface area contributed by atoms with Crippen molar-refractivity contribution in [2.75, 3.05) is 10.6 Å². The Morgan fingerprint density at radius 2 is 1.87 bits per heavy atom. The van der Waals surface area contributed by atoms with Crippen molar-refractivity contribution in [3.63, 3.8) is 0 Å². The fourth-order valence-corrected chi connectivity index (χ4v) is 2.77. The Kier molecular flexibility index (Phi) is 7.00. The van der Waals surface area contributed by atoms with Gasteiger partial charge in [0, 0.05) is 31.0 Å². The SMILES string of the molecule is CC(=O)Nc1cc(NC(=O)NCc2cccc(OCc3ccccn3)c2)ccc1C. The fraction of sp³-hybridized carbons (Fsp3) is 0.174. The van der Waals surface area contributed by atoms with Crippen molar-refractivity contribution in [1.82, 2.24) is 10.3 Å². The van der Waals surface area contributed by atoms with Crippen molar-refractivity contribution in [1.29, 1.82) is 0 Å². The van der Waals surface area contributed by atoms with Crippen LogP contribution in [-0.4, -0.2) is 16.9 Å². The molecule has 3 aromatic rings. The molecule has 0 unspecified atom stereocenters. The number of rotatable bonds is 7. The van der Waals surface area contributed by atoms with E-state index in [1.165, 1.54) is 6.92 Å². The van der Waals surface area contributed by atoms with Gasteiger partial charge in [-0.25, -0.2) is 4.79 Å². The first-order chi connectivity index (χ1) is 14.5. The van der Waals surface area contributed by atoms with E-state index in [9.17, 15) is 9.59 Å². The number of anilines is 2. The average molecular weight is 404 g/mol. The quantitative estimate of drug-likeness (QED) is 0.549. The van der Waals surface area contributed by atoms with E-state index < -0.39 is 0 Å². The van der Waals surface area contributed by atoms with E-state index in [1.54, 1.807) is 18.3 Å². The van der Waals surface area contributed by atoms with Gasteiger partial charge in [0.25, 0.3) is 0 Å². The van der Waals surface area contributed by atoms with Crippen LogP contribution in [0, 0.1) is 6.92 Å². The first kappa shape index (κ1) is 20.9. The molecule has 0 atom stereocenters. The summed E-state index contributed by atoms with van der Waals surface area (Å²) in [5.41, 5.74) is 3.93. The summed E-state index contributed by atoms with van der Waals surface area (Å²) in [6, 6.07) is 18.2. The maximum absolute atomic E-state index is 12.3. The van der Waals surface area contributed by atoms with Gasteiger partial charge in [-0.1, -0.05) is 24.3 Å². The highest BCUT2D eigenvalue weighted by Gasteiger charge is 2.06. The highest BCUT2D eigenvalue weighted by atomic mass is 16.5. The van der Waals surface area contributed by atoms with Crippen LogP contribution >= 0.6 is 0 Å². The van der Waals surface area contributed by atoms with E-state index in [1.807, 2.05) is 55.5 Å². The number of ether oxygens (including phenoxy) is 1. The number of nitrogens with one attached hydrogen (secondary N) is 3. The van der Waals surface area contributed by atoms with Crippen LogP contribution in [0.15, 0.2) is 66.9 Å². The summed E-state index contributed by atoms with van der Waals surface area (Å²) >= 11 is 0. The summed E-state index contributed by atoms with van der Waals surface area (Å²) in [5.74, 6) is 0.545. The van der Waals surface area contributed by atoms with Crippen LogP contribution in [0.3, 0.4) is 0 Å². The van der Waals surface area contributed by atoms with Crippen molar-refractivity contribution >= 4 is 23.3 Å². The van der Waals surface area contributed by atoms with Crippen LogP contribution in [-0.2, 0) is 17.9 Å². The molecule has 0 saturated heterocycles. The second-order valence-corrected chi connectivity index (χ2v) is 6.78. The molecule has 0 aliphatic heterocycles. The fourth-order valence-electron chi connectivity index (χ4n) is 2.77. The van der Waals surface area contributed by atoms with Gasteiger partial charge in [-0.15, -0.1) is 0 Å². The smallest absolute Gasteiger partial charge is 0.319 e. The molecule has 7 nitrogen and oxygen atoms in total. The van der Waals surface area contributed by atoms with E-state index >= 15 is 0 Å². The zero-order chi connectivity index (χ0) is 21.3. The molecule has 1 aromatic heterocycles. The van der Waals surface area contributed by atoms with E-state index in [0.29, 0.717) is 30.3 Å². The highest BCUT2D eigenvalue weighted by Crippen LogP contribution is 2.20. The number of benzene rings is 2. The number of carbonyl (C=O) groups is 2. The number of aromatic nitrogens is 1. The lowest BCUT2D eigenvalue weighted by molar-refractivity contribution is -0.114. The first-order valence-corrected chi connectivity index (χ1v) is 9.54. The van der Waals surface area contributed by atoms with Crippen molar-refractivity contribution < 1.29 is 14.3 Å². The van der Waals surface area contributed by atoms with Crippen LogP contribution in [0.25, 0.3) is 0 Å². The highest BCUT2D eigenvalue weighted by molar-refractivity contribution is 5.93. The molecule has 30 heavy (non-hydrogen) atoms. The molecule has 0 saturated carbocycles. The minimum atomic E-state index is -0.340. The van der Waals surface area contributed by atoms with E-state index in [4.69, 9.17) is 4.74 Å². The van der Waals surface area contributed by atoms with Gasteiger partial charge in [0.15, 0.2) is 0 Å². The number of pyridine rings is 1. The minimum Gasteiger partial charge on any atom is -0.487 e. The summed E-state index contributed by atoms with van der Waals surface area (Å²) in [7, 11) is 0. The number of nitrogens with zero attached hydrogens (tertiary/aromatic N) is 1. The molecule has 0 radical (unpaired) electrons. The minimum absolute atomic E-state index is 0.162. The first-order valence-electron chi connectivity index (χ1n) is 9.54. The topological polar surface area (TPSA) is 92.4 Å². The molecule has 0 bridgehead atoms. The Bertz CT molecular complexity index is 1020. The maximum Gasteiger partial charge on any atom is 0.319 e. The number of hydrogen-bond donors (Lipinski definition) is 3.